The average Bonchev–Trinajstić information content (AvgIpc) is 2.91. The SMILES string of the molecule is O=C(CCC(=O)c1ccc(F)c(F)c1)N[C@@H]1c2ccccc2C[C@@H]1O. The molecule has 6 heteroatoms. The largest absolute Gasteiger partial charge is 0.390 e. The lowest BCUT2D eigenvalue weighted by atomic mass is 10.0. The quantitative estimate of drug-likeness (QED) is 0.819. The highest BCUT2D eigenvalue weighted by atomic mass is 19.2. The van der Waals surface area contributed by atoms with Crippen LogP contribution >= 0.6 is 0 Å². The molecule has 0 saturated carbocycles. The van der Waals surface area contributed by atoms with E-state index in [1.54, 1.807) is 0 Å². The molecule has 1 amide bonds. The zero-order valence-corrected chi connectivity index (χ0v) is 13.3. The Balaban J connectivity index is 1.58. The Kier molecular flexibility index (Phi) is 4.90. The maximum Gasteiger partial charge on any atom is 0.221 e. The fourth-order valence-corrected chi connectivity index (χ4v) is 3.03. The molecule has 0 spiro atoms. The van der Waals surface area contributed by atoms with E-state index in [1.807, 2.05) is 24.3 Å². The van der Waals surface area contributed by atoms with E-state index in [9.17, 15) is 23.5 Å². The first-order valence-electron chi connectivity index (χ1n) is 7.99. The molecule has 2 N–H and O–H groups in total. The number of ketones is 1. The van der Waals surface area contributed by atoms with Crippen LogP contribution in [0.1, 0.15) is 40.4 Å². The number of benzene rings is 2. The minimum absolute atomic E-state index is 0.0259. The van der Waals surface area contributed by atoms with Crippen molar-refractivity contribution in [2.45, 2.75) is 31.4 Å². The Labute approximate surface area is 143 Å². The van der Waals surface area contributed by atoms with Crippen LogP contribution in [0.4, 0.5) is 8.78 Å². The van der Waals surface area contributed by atoms with Crippen molar-refractivity contribution in [2.24, 2.45) is 0 Å². The van der Waals surface area contributed by atoms with Gasteiger partial charge >= 0.3 is 0 Å². The molecule has 0 fully saturated rings. The molecule has 3 rings (SSSR count). The van der Waals surface area contributed by atoms with E-state index in [4.69, 9.17) is 0 Å². The second-order valence-electron chi connectivity index (χ2n) is 6.07. The molecule has 2 aromatic carbocycles. The number of carbonyl (C=O) groups excluding carboxylic acids is 2. The number of carbonyl (C=O) groups is 2. The van der Waals surface area contributed by atoms with Gasteiger partial charge in [0.05, 0.1) is 12.1 Å². The van der Waals surface area contributed by atoms with E-state index in [2.05, 4.69) is 5.32 Å². The van der Waals surface area contributed by atoms with Crippen molar-refractivity contribution in [3.63, 3.8) is 0 Å². The minimum atomic E-state index is -1.10. The fourth-order valence-electron chi connectivity index (χ4n) is 3.03. The van der Waals surface area contributed by atoms with Gasteiger partial charge in [-0.15, -0.1) is 0 Å². The van der Waals surface area contributed by atoms with E-state index in [-0.39, 0.29) is 24.3 Å². The number of aliphatic hydroxyl groups excluding tert-OH is 1. The fraction of sp³-hybridized carbons (Fsp3) is 0.263. The molecule has 0 aromatic heterocycles. The molecule has 25 heavy (non-hydrogen) atoms. The maximum atomic E-state index is 13.2. The summed E-state index contributed by atoms with van der Waals surface area (Å²) >= 11 is 0. The van der Waals surface area contributed by atoms with E-state index in [0.717, 1.165) is 23.3 Å². The summed E-state index contributed by atoms with van der Waals surface area (Å²) in [6.45, 7) is 0. The van der Waals surface area contributed by atoms with Crippen molar-refractivity contribution in [2.75, 3.05) is 0 Å². The molecule has 2 aromatic rings. The predicted molar refractivity (Wildman–Crippen MR) is 87.0 cm³/mol. The summed E-state index contributed by atoms with van der Waals surface area (Å²) in [7, 11) is 0. The summed E-state index contributed by atoms with van der Waals surface area (Å²) in [5.41, 5.74) is 1.88. The van der Waals surface area contributed by atoms with Gasteiger partial charge in [0.2, 0.25) is 5.91 Å². The monoisotopic (exact) mass is 345 g/mol. The van der Waals surface area contributed by atoms with Crippen LogP contribution in [0.5, 0.6) is 0 Å². The normalized spacial score (nSPS) is 18.7. The van der Waals surface area contributed by atoms with Gasteiger partial charge in [0.15, 0.2) is 17.4 Å². The Hall–Kier alpha value is -2.60. The van der Waals surface area contributed by atoms with Gasteiger partial charge in [0, 0.05) is 24.8 Å². The van der Waals surface area contributed by atoms with Gasteiger partial charge in [0.1, 0.15) is 0 Å². The van der Waals surface area contributed by atoms with Gasteiger partial charge in [-0.05, 0) is 29.3 Å². The summed E-state index contributed by atoms with van der Waals surface area (Å²) < 4.78 is 26.0. The molecular weight excluding hydrogens is 328 g/mol. The van der Waals surface area contributed by atoms with E-state index >= 15 is 0 Å². The number of hydrogen-bond donors (Lipinski definition) is 2. The lowest BCUT2D eigenvalue weighted by Gasteiger charge is -2.17. The minimum Gasteiger partial charge on any atom is -0.390 e. The number of fused-ring (bicyclic) bond motifs is 1. The number of hydrogen-bond acceptors (Lipinski definition) is 3. The Morgan fingerprint density at radius 2 is 1.84 bits per heavy atom. The van der Waals surface area contributed by atoms with Crippen molar-refractivity contribution >= 4 is 11.7 Å². The zero-order chi connectivity index (χ0) is 18.0. The number of rotatable bonds is 5. The second-order valence-corrected chi connectivity index (χ2v) is 6.07. The molecule has 0 unspecified atom stereocenters. The third kappa shape index (κ3) is 3.74. The standard InChI is InChI=1S/C19H17F2NO3/c20-14-6-5-12(9-15(14)21)16(23)7-8-18(25)22-19-13-4-2-1-3-11(13)10-17(19)24/h1-6,9,17,19,24H,7-8,10H2,(H,22,25)/t17-,19+/m0/s1. The van der Waals surface area contributed by atoms with Crippen LogP contribution in [-0.2, 0) is 11.2 Å². The smallest absolute Gasteiger partial charge is 0.221 e. The number of halogens is 2. The molecule has 130 valence electrons. The number of nitrogens with one attached hydrogen (secondary N) is 1. The van der Waals surface area contributed by atoms with Crippen LogP contribution in [0.2, 0.25) is 0 Å². The molecule has 0 aliphatic heterocycles. The Morgan fingerprint density at radius 1 is 1.08 bits per heavy atom. The highest BCUT2D eigenvalue weighted by Crippen LogP contribution is 2.31. The van der Waals surface area contributed by atoms with Crippen LogP contribution in [0.25, 0.3) is 0 Å². The Bertz CT molecular complexity index is 822. The molecule has 0 radical (unpaired) electrons. The molecule has 0 bridgehead atoms. The van der Waals surface area contributed by atoms with Crippen LogP contribution < -0.4 is 5.32 Å². The molecule has 0 saturated heterocycles. The first kappa shape index (κ1) is 17.2. The van der Waals surface area contributed by atoms with Crippen LogP contribution in [-0.4, -0.2) is 22.9 Å². The van der Waals surface area contributed by atoms with Gasteiger partial charge in [-0.2, -0.15) is 0 Å². The lowest BCUT2D eigenvalue weighted by molar-refractivity contribution is -0.122. The van der Waals surface area contributed by atoms with Crippen LogP contribution in [0, 0.1) is 11.6 Å². The molecule has 4 nitrogen and oxygen atoms in total. The Morgan fingerprint density at radius 3 is 2.60 bits per heavy atom. The highest BCUT2D eigenvalue weighted by molar-refractivity contribution is 5.98. The third-order valence-corrected chi connectivity index (χ3v) is 4.34. The zero-order valence-electron chi connectivity index (χ0n) is 13.3. The number of Topliss-reactive ketones (excluding diaryl/α,β-unsaturated/α-hetero) is 1. The predicted octanol–water partition coefficient (Wildman–Crippen LogP) is 2.70. The summed E-state index contributed by atoms with van der Waals surface area (Å²) in [6.07, 6.45) is -0.456. The molecule has 2 atom stereocenters. The van der Waals surface area contributed by atoms with Gasteiger partial charge < -0.3 is 10.4 Å². The van der Waals surface area contributed by atoms with Crippen LogP contribution in [0.15, 0.2) is 42.5 Å². The number of aliphatic hydroxyl groups is 1. The van der Waals surface area contributed by atoms with Gasteiger partial charge in [-0.1, -0.05) is 24.3 Å². The van der Waals surface area contributed by atoms with E-state index in [1.165, 1.54) is 6.07 Å². The summed E-state index contributed by atoms with van der Waals surface area (Å²) in [5.74, 6) is -2.94. The van der Waals surface area contributed by atoms with E-state index < -0.39 is 29.6 Å². The molecule has 0 heterocycles. The van der Waals surface area contributed by atoms with Crippen molar-refractivity contribution in [1.29, 1.82) is 0 Å². The average molecular weight is 345 g/mol. The maximum absolute atomic E-state index is 13.2. The van der Waals surface area contributed by atoms with E-state index in [0.29, 0.717) is 6.42 Å². The molecular formula is C19H17F2NO3. The van der Waals surface area contributed by atoms with Gasteiger partial charge in [0.25, 0.3) is 0 Å². The van der Waals surface area contributed by atoms with Gasteiger partial charge in [-0.3, -0.25) is 9.59 Å². The molecule has 1 aliphatic rings. The van der Waals surface area contributed by atoms with Crippen LogP contribution in [0.3, 0.4) is 0 Å². The number of amides is 1. The highest BCUT2D eigenvalue weighted by Gasteiger charge is 2.31. The third-order valence-electron chi connectivity index (χ3n) is 4.34. The van der Waals surface area contributed by atoms with Gasteiger partial charge in [-0.25, -0.2) is 8.78 Å². The summed E-state index contributed by atoms with van der Waals surface area (Å²) in [6, 6.07) is 9.86. The summed E-state index contributed by atoms with van der Waals surface area (Å²) in [4.78, 5) is 24.1. The lowest BCUT2D eigenvalue weighted by Crippen LogP contribution is -2.34. The topological polar surface area (TPSA) is 66.4 Å². The van der Waals surface area contributed by atoms with Crippen molar-refractivity contribution in [3.05, 3.63) is 70.8 Å². The second kappa shape index (κ2) is 7.11. The summed E-state index contributed by atoms with van der Waals surface area (Å²) in [5, 5.41) is 12.8. The molecule has 1 aliphatic carbocycles. The first-order chi connectivity index (χ1) is 12.0. The van der Waals surface area contributed by atoms with Crippen molar-refractivity contribution in [1.82, 2.24) is 5.32 Å². The van der Waals surface area contributed by atoms with Crippen molar-refractivity contribution < 1.29 is 23.5 Å². The first-order valence-corrected chi connectivity index (χ1v) is 7.99. The van der Waals surface area contributed by atoms with Crippen molar-refractivity contribution in [3.8, 4) is 0 Å².